The van der Waals surface area contributed by atoms with Crippen LogP contribution in [-0.2, 0) is 9.53 Å². The summed E-state index contributed by atoms with van der Waals surface area (Å²) in [5.41, 5.74) is 0.997. The average molecular weight is 408 g/mol. The highest BCUT2D eigenvalue weighted by atomic mass is 19.1. The van der Waals surface area contributed by atoms with Gasteiger partial charge < -0.3 is 10.1 Å². The van der Waals surface area contributed by atoms with Gasteiger partial charge in [-0.05, 0) is 43.4 Å². The molecule has 2 rings (SSSR count). The van der Waals surface area contributed by atoms with E-state index in [-0.39, 0.29) is 23.2 Å². The number of piperazine rings is 1. The Bertz CT molecular complexity index is 630. The summed E-state index contributed by atoms with van der Waals surface area (Å²) < 4.78 is 18.8. The van der Waals surface area contributed by atoms with Crippen molar-refractivity contribution >= 4 is 5.91 Å². The number of halogens is 1. The molecule has 0 spiro atoms. The quantitative estimate of drug-likeness (QED) is 0.637. The Kier molecular flexibility index (Phi) is 9.05. The molecule has 0 aliphatic carbocycles. The Morgan fingerprint density at radius 3 is 2.55 bits per heavy atom. The highest BCUT2D eigenvalue weighted by Gasteiger charge is 2.26. The summed E-state index contributed by atoms with van der Waals surface area (Å²) in [6.07, 6.45) is 0.798. The maximum absolute atomic E-state index is 13.3. The van der Waals surface area contributed by atoms with Crippen molar-refractivity contribution in [3.05, 3.63) is 35.6 Å². The Morgan fingerprint density at radius 1 is 1.28 bits per heavy atom. The molecule has 1 N–H and O–H groups in total. The lowest BCUT2D eigenvalue weighted by Crippen LogP contribution is -2.54. The minimum Gasteiger partial charge on any atom is -0.380 e. The van der Waals surface area contributed by atoms with Crippen LogP contribution in [0.15, 0.2) is 24.3 Å². The van der Waals surface area contributed by atoms with Crippen molar-refractivity contribution in [1.82, 2.24) is 15.1 Å². The summed E-state index contributed by atoms with van der Waals surface area (Å²) >= 11 is 0. The van der Waals surface area contributed by atoms with E-state index in [4.69, 9.17) is 4.74 Å². The van der Waals surface area contributed by atoms with Crippen molar-refractivity contribution in [1.29, 1.82) is 0 Å². The number of carbonyl (C=O) groups excluding carboxylic acids is 1. The predicted octanol–water partition coefficient (Wildman–Crippen LogP) is 3.46. The number of ether oxygens (including phenoxy) is 1. The van der Waals surface area contributed by atoms with E-state index < -0.39 is 0 Å². The third kappa shape index (κ3) is 8.41. The van der Waals surface area contributed by atoms with Crippen molar-refractivity contribution in [2.45, 2.75) is 53.1 Å². The zero-order valence-corrected chi connectivity index (χ0v) is 18.7. The van der Waals surface area contributed by atoms with E-state index in [0.717, 1.165) is 51.4 Å². The minimum atomic E-state index is -0.259. The van der Waals surface area contributed by atoms with Gasteiger partial charge in [-0.2, -0.15) is 0 Å². The number of nitrogens with one attached hydrogen (secondary N) is 1. The fraction of sp³-hybridized carbons (Fsp3) is 0.696. The van der Waals surface area contributed by atoms with E-state index in [2.05, 4.69) is 42.8 Å². The van der Waals surface area contributed by atoms with Gasteiger partial charge in [-0.3, -0.25) is 14.6 Å². The summed E-state index contributed by atoms with van der Waals surface area (Å²) in [5.74, 6) is -0.232. The highest BCUT2D eigenvalue weighted by Crippen LogP contribution is 2.29. The van der Waals surface area contributed by atoms with Crippen LogP contribution in [0.25, 0.3) is 0 Å². The highest BCUT2D eigenvalue weighted by molar-refractivity contribution is 5.78. The van der Waals surface area contributed by atoms with Gasteiger partial charge in [0.25, 0.3) is 0 Å². The molecule has 0 bridgehead atoms. The van der Waals surface area contributed by atoms with Crippen molar-refractivity contribution in [2.75, 3.05) is 45.9 Å². The number of carbonyl (C=O) groups is 1. The fourth-order valence-corrected chi connectivity index (χ4v) is 3.88. The predicted molar refractivity (Wildman–Crippen MR) is 115 cm³/mol. The van der Waals surface area contributed by atoms with Crippen LogP contribution in [0.5, 0.6) is 0 Å². The molecule has 0 radical (unpaired) electrons. The summed E-state index contributed by atoms with van der Waals surface area (Å²) in [5, 5.41) is 3.19. The van der Waals surface area contributed by atoms with Crippen LogP contribution in [-0.4, -0.2) is 67.7 Å². The van der Waals surface area contributed by atoms with Crippen LogP contribution < -0.4 is 5.32 Å². The Morgan fingerprint density at radius 2 is 1.97 bits per heavy atom. The first kappa shape index (κ1) is 23.8. The molecule has 1 fully saturated rings. The van der Waals surface area contributed by atoms with Crippen LogP contribution in [0.4, 0.5) is 4.39 Å². The van der Waals surface area contributed by atoms with Gasteiger partial charge in [-0.25, -0.2) is 4.39 Å². The molecule has 0 saturated carbocycles. The molecule has 2 unspecified atom stereocenters. The van der Waals surface area contributed by atoms with Gasteiger partial charge in [0, 0.05) is 38.8 Å². The number of hydrogen-bond donors (Lipinski definition) is 1. The van der Waals surface area contributed by atoms with E-state index in [1.54, 1.807) is 12.1 Å². The number of nitrogens with zero attached hydrogens (tertiary/aromatic N) is 2. The topological polar surface area (TPSA) is 44.8 Å². The second-order valence-electron chi connectivity index (χ2n) is 9.25. The third-order valence-corrected chi connectivity index (χ3v) is 5.37. The lowest BCUT2D eigenvalue weighted by molar-refractivity contribution is -0.124. The molecule has 2 atom stereocenters. The summed E-state index contributed by atoms with van der Waals surface area (Å²) in [7, 11) is 0. The van der Waals surface area contributed by atoms with Gasteiger partial charge in [0.2, 0.25) is 5.91 Å². The lowest BCUT2D eigenvalue weighted by atomic mass is 9.85. The van der Waals surface area contributed by atoms with Crippen LogP contribution in [0.2, 0.25) is 0 Å². The SMILES string of the molecule is CCOCCN1CCN(CC(=O)NC(CC(C)(C)C)c2ccc(F)cc2)CC1C. The molecule has 1 aliphatic heterocycles. The molecular formula is C23H38FN3O2. The van der Waals surface area contributed by atoms with Crippen molar-refractivity contribution < 1.29 is 13.9 Å². The zero-order chi connectivity index (χ0) is 21.4. The van der Waals surface area contributed by atoms with Gasteiger partial charge in [0.15, 0.2) is 0 Å². The van der Waals surface area contributed by atoms with E-state index in [1.807, 2.05) is 6.92 Å². The fourth-order valence-electron chi connectivity index (χ4n) is 3.88. The number of hydrogen-bond acceptors (Lipinski definition) is 4. The van der Waals surface area contributed by atoms with Crippen LogP contribution >= 0.6 is 0 Å². The molecule has 164 valence electrons. The van der Waals surface area contributed by atoms with Crippen LogP contribution in [0, 0.1) is 11.2 Å². The average Bonchev–Trinajstić information content (AvgIpc) is 2.62. The first-order valence-electron chi connectivity index (χ1n) is 10.8. The van der Waals surface area contributed by atoms with E-state index in [0.29, 0.717) is 12.6 Å². The largest absolute Gasteiger partial charge is 0.380 e. The normalized spacial score (nSPS) is 19.9. The van der Waals surface area contributed by atoms with Gasteiger partial charge in [-0.15, -0.1) is 0 Å². The molecule has 1 saturated heterocycles. The van der Waals surface area contributed by atoms with E-state index >= 15 is 0 Å². The molecule has 5 nitrogen and oxygen atoms in total. The smallest absolute Gasteiger partial charge is 0.234 e. The first-order valence-corrected chi connectivity index (χ1v) is 10.8. The molecular weight excluding hydrogens is 369 g/mol. The number of amides is 1. The van der Waals surface area contributed by atoms with Gasteiger partial charge in [-0.1, -0.05) is 32.9 Å². The summed E-state index contributed by atoms with van der Waals surface area (Å²) in [6.45, 7) is 16.2. The number of rotatable bonds is 9. The van der Waals surface area contributed by atoms with Gasteiger partial charge in [0.1, 0.15) is 5.82 Å². The standard InChI is InChI=1S/C23H38FN3O2/c1-6-29-14-13-27-12-11-26(16-18(27)2)17-22(28)25-21(15-23(3,4)5)19-7-9-20(24)10-8-19/h7-10,18,21H,6,11-17H2,1-5H3,(H,25,28). The zero-order valence-electron chi connectivity index (χ0n) is 18.7. The van der Waals surface area contributed by atoms with Crippen LogP contribution in [0.3, 0.4) is 0 Å². The molecule has 1 amide bonds. The Balaban J connectivity index is 1.90. The maximum atomic E-state index is 13.3. The minimum absolute atomic E-state index is 0.0264. The third-order valence-electron chi connectivity index (χ3n) is 5.37. The number of benzene rings is 1. The molecule has 6 heteroatoms. The summed E-state index contributed by atoms with van der Waals surface area (Å²) in [6, 6.07) is 6.74. The van der Waals surface area contributed by atoms with Gasteiger partial charge in [0.05, 0.1) is 19.2 Å². The van der Waals surface area contributed by atoms with Crippen molar-refractivity contribution in [3.63, 3.8) is 0 Å². The second kappa shape index (κ2) is 11.0. The van der Waals surface area contributed by atoms with Crippen molar-refractivity contribution in [2.24, 2.45) is 5.41 Å². The molecule has 1 aliphatic rings. The summed E-state index contributed by atoms with van der Waals surface area (Å²) in [4.78, 5) is 17.4. The van der Waals surface area contributed by atoms with Crippen molar-refractivity contribution in [3.8, 4) is 0 Å². The Hall–Kier alpha value is -1.50. The first-order chi connectivity index (χ1) is 13.7. The molecule has 1 aromatic carbocycles. The lowest BCUT2D eigenvalue weighted by Gasteiger charge is -2.39. The monoisotopic (exact) mass is 407 g/mol. The molecule has 0 aromatic heterocycles. The van der Waals surface area contributed by atoms with Gasteiger partial charge >= 0.3 is 0 Å². The maximum Gasteiger partial charge on any atom is 0.234 e. The molecule has 1 aromatic rings. The van der Waals surface area contributed by atoms with E-state index in [1.165, 1.54) is 12.1 Å². The van der Waals surface area contributed by atoms with Crippen LogP contribution in [0.1, 0.15) is 52.6 Å². The Labute approximate surface area is 175 Å². The molecule has 29 heavy (non-hydrogen) atoms. The molecule has 1 heterocycles. The second-order valence-corrected chi connectivity index (χ2v) is 9.25. The van der Waals surface area contributed by atoms with E-state index in [9.17, 15) is 9.18 Å².